The number of benzene rings is 1. The molecule has 5 nitrogen and oxygen atoms in total. The molecule has 0 aliphatic carbocycles. The number of rotatable bonds is 3. The van der Waals surface area contributed by atoms with Crippen LogP contribution in [0.25, 0.3) is 10.9 Å². The molecule has 0 radical (unpaired) electrons. The monoisotopic (exact) mass is 363 g/mol. The van der Waals surface area contributed by atoms with E-state index in [1.165, 1.54) is 0 Å². The maximum absolute atomic E-state index is 6.14. The first-order chi connectivity index (χ1) is 10.2. The Morgan fingerprint density at radius 1 is 1.19 bits per heavy atom. The van der Waals surface area contributed by atoms with Crippen molar-refractivity contribution < 1.29 is 0 Å². The number of para-hydroxylation sites is 1. The highest BCUT2D eigenvalue weighted by molar-refractivity contribution is 9.10. The van der Waals surface area contributed by atoms with Gasteiger partial charge in [0.05, 0.1) is 17.4 Å². The number of hydrogen-bond donors (Lipinski definition) is 2. The molecule has 3 aromatic rings. The minimum atomic E-state index is 0.447. The fourth-order valence-corrected chi connectivity index (χ4v) is 2.42. The second kappa shape index (κ2) is 5.83. The van der Waals surface area contributed by atoms with Crippen LogP contribution in [0.4, 0.5) is 17.5 Å². The van der Waals surface area contributed by atoms with Crippen LogP contribution in [0.3, 0.4) is 0 Å². The molecule has 1 aromatic carbocycles. The number of hydrogen-bond acceptors (Lipinski definition) is 5. The van der Waals surface area contributed by atoms with E-state index < -0.39 is 0 Å². The Bertz CT molecular complexity index is 808. The summed E-state index contributed by atoms with van der Waals surface area (Å²) in [6.45, 7) is 0. The molecule has 0 atom stereocenters. The summed E-state index contributed by atoms with van der Waals surface area (Å²) in [6, 6.07) is 7.89. The van der Waals surface area contributed by atoms with Crippen molar-refractivity contribution in [3.05, 3.63) is 46.2 Å². The summed E-state index contributed by atoms with van der Waals surface area (Å²) in [5.41, 5.74) is 1.68. The molecule has 3 rings (SSSR count). The SMILES string of the molecule is CNc1ncc(Cl)c(Nc2cccc3cc(Br)cnc23)n1. The van der Waals surface area contributed by atoms with Crippen LogP contribution in [0.1, 0.15) is 0 Å². The third kappa shape index (κ3) is 2.91. The van der Waals surface area contributed by atoms with Gasteiger partial charge < -0.3 is 10.6 Å². The summed E-state index contributed by atoms with van der Waals surface area (Å²) in [5.74, 6) is 1.03. The summed E-state index contributed by atoms with van der Waals surface area (Å²) in [7, 11) is 1.75. The summed E-state index contributed by atoms with van der Waals surface area (Å²) in [4.78, 5) is 12.8. The van der Waals surface area contributed by atoms with Crippen molar-refractivity contribution in [2.75, 3.05) is 17.7 Å². The van der Waals surface area contributed by atoms with Crippen LogP contribution in [0.2, 0.25) is 5.02 Å². The van der Waals surface area contributed by atoms with Gasteiger partial charge in [-0.2, -0.15) is 4.98 Å². The number of nitrogens with zero attached hydrogens (tertiary/aromatic N) is 3. The zero-order valence-corrected chi connectivity index (χ0v) is 13.4. The smallest absolute Gasteiger partial charge is 0.224 e. The Balaban J connectivity index is 2.06. The van der Waals surface area contributed by atoms with E-state index in [2.05, 4.69) is 41.5 Å². The number of fused-ring (bicyclic) bond motifs is 1. The van der Waals surface area contributed by atoms with Gasteiger partial charge in [0.1, 0.15) is 5.02 Å². The second-order valence-corrected chi connectivity index (χ2v) is 5.62. The molecule has 21 heavy (non-hydrogen) atoms. The Kier molecular flexibility index (Phi) is 3.90. The molecule has 106 valence electrons. The van der Waals surface area contributed by atoms with Gasteiger partial charge in [-0.15, -0.1) is 0 Å². The normalized spacial score (nSPS) is 10.6. The molecule has 2 N–H and O–H groups in total. The van der Waals surface area contributed by atoms with Crippen molar-refractivity contribution in [1.29, 1.82) is 0 Å². The molecule has 0 spiro atoms. The average molecular weight is 365 g/mol. The highest BCUT2D eigenvalue weighted by atomic mass is 79.9. The van der Waals surface area contributed by atoms with E-state index in [0.717, 1.165) is 21.1 Å². The maximum atomic E-state index is 6.14. The minimum absolute atomic E-state index is 0.447. The first kappa shape index (κ1) is 14.0. The lowest BCUT2D eigenvalue weighted by atomic mass is 10.2. The highest BCUT2D eigenvalue weighted by Crippen LogP contribution is 2.29. The summed E-state index contributed by atoms with van der Waals surface area (Å²) in [6.07, 6.45) is 3.31. The maximum Gasteiger partial charge on any atom is 0.224 e. The van der Waals surface area contributed by atoms with E-state index in [4.69, 9.17) is 11.6 Å². The van der Waals surface area contributed by atoms with Crippen LogP contribution in [-0.2, 0) is 0 Å². The van der Waals surface area contributed by atoms with E-state index in [1.807, 2.05) is 24.3 Å². The van der Waals surface area contributed by atoms with E-state index in [-0.39, 0.29) is 0 Å². The Morgan fingerprint density at radius 2 is 2.05 bits per heavy atom. The van der Waals surface area contributed by atoms with Crippen LogP contribution in [-0.4, -0.2) is 22.0 Å². The topological polar surface area (TPSA) is 62.7 Å². The van der Waals surface area contributed by atoms with Crippen molar-refractivity contribution in [2.45, 2.75) is 0 Å². The number of nitrogens with one attached hydrogen (secondary N) is 2. The van der Waals surface area contributed by atoms with E-state index in [0.29, 0.717) is 16.8 Å². The molecule has 2 aromatic heterocycles. The lowest BCUT2D eigenvalue weighted by Gasteiger charge is -2.10. The molecule has 0 aliphatic rings. The van der Waals surface area contributed by atoms with Gasteiger partial charge in [-0.1, -0.05) is 23.7 Å². The molecule has 7 heteroatoms. The van der Waals surface area contributed by atoms with Gasteiger partial charge in [-0.3, -0.25) is 4.98 Å². The summed E-state index contributed by atoms with van der Waals surface area (Å²) in [5, 5.41) is 7.56. The van der Waals surface area contributed by atoms with Gasteiger partial charge >= 0.3 is 0 Å². The number of aromatic nitrogens is 3. The summed E-state index contributed by atoms with van der Waals surface area (Å²) >= 11 is 9.56. The van der Waals surface area contributed by atoms with E-state index in [1.54, 1.807) is 19.4 Å². The Hall–Kier alpha value is -1.92. The Labute approximate surface area is 134 Å². The van der Waals surface area contributed by atoms with Crippen molar-refractivity contribution in [3.8, 4) is 0 Å². The third-order valence-corrected chi connectivity index (χ3v) is 3.61. The molecule has 0 unspecified atom stereocenters. The Morgan fingerprint density at radius 3 is 2.86 bits per heavy atom. The minimum Gasteiger partial charge on any atom is -0.357 e. The molecule has 0 saturated heterocycles. The van der Waals surface area contributed by atoms with Crippen LogP contribution < -0.4 is 10.6 Å². The van der Waals surface area contributed by atoms with E-state index in [9.17, 15) is 0 Å². The average Bonchev–Trinajstić information content (AvgIpc) is 2.49. The lowest BCUT2D eigenvalue weighted by molar-refractivity contribution is 1.15. The highest BCUT2D eigenvalue weighted by Gasteiger charge is 2.08. The van der Waals surface area contributed by atoms with Crippen LogP contribution >= 0.6 is 27.5 Å². The van der Waals surface area contributed by atoms with E-state index >= 15 is 0 Å². The third-order valence-electron chi connectivity index (χ3n) is 2.90. The first-order valence-corrected chi connectivity index (χ1v) is 7.36. The first-order valence-electron chi connectivity index (χ1n) is 6.19. The van der Waals surface area contributed by atoms with Gasteiger partial charge in [-0.05, 0) is 28.1 Å². The van der Waals surface area contributed by atoms with Crippen molar-refractivity contribution in [1.82, 2.24) is 15.0 Å². The van der Waals surface area contributed by atoms with Crippen molar-refractivity contribution in [2.24, 2.45) is 0 Å². The van der Waals surface area contributed by atoms with Gasteiger partial charge in [0.25, 0.3) is 0 Å². The number of pyridine rings is 1. The molecular weight excluding hydrogens is 354 g/mol. The molecular formula is C14H11BrClN5. The van der Waals surface area contributed by atoms with Crippen molar-refractivity contribution in [3.63, 3.8) is 0 Å². The quantitative estimate of drug-likeness (QED) is 0.728. The fourth-order valence-electron chi connectivity index (χ4n) is 1.94. The number of anilines is 3. The largest absolute Gasteiger partial charge is 0.357 e. The zero-order chi connectivity index (χ0) is 14.8. The standard InChI is InChI=1S/C14H11BrClN5/c1-17-14-19-7-10(16)13(21-14)20-11-4-2-3-8-5-9(15)6-18-12(8)11/h2-7H,1H3,(H2,17,19,20,21). The predicted molar refractivity (Wildman–Crippen MR) is 89.3 cm³/mol. The number of halogens is 2. The van der Waals surface area contributed by atoms with Gasteiger partial charge in [0.15, 0.2) is 5.82 Å². The van der Waals surface area contributed by atoms with Crippen LogP contribution in [0.5, 0.6) is 0 Å². The summed E-state index contributed by atoms with van der Waals surface area (Å²) < 4.78 is 0.935. The molecule has 2 heterocycles. The van der Waals surface area contributed by atoms with Crippen LogP contribution in [0, 0.1) is 0 Å². The van der Waals surface area contributed by atoms with Gasteiger partial charge in [0, 0.05) is 23.1 Å². The lowest BCUT2D eigenvalue weighted by Crippen LogP contribution is -2.01. The molecule has 0 aliphatic heterocycles. The molecule has 0 fully saturated rings. The molecule has 0 amide bonds. The molecule has 0 saturated carbocycles. The zero-order valence-electron chi connectivity index (χ0n) is 11.1. The second-order valence-electron chi connectivity index (χ2n) is 4.30. The fraction of sp³-hybridized carbons (Fsp3) is 0.0714. The van der Waals surface area contributed by atoms with Crippen LogP contribution in [0.15, 0.2) is 41.1 Å². The van der Waals surface area contributed by atoms with Gasteiger partial charge in [0.2, 0.25) is 5.95 Å². The molecule has 0 bridgehead atoms. The predicted octanol–water partition coefficient (Wildman–Crippen LogP) is 4.23. The van der Waals surface area contributed by atoms with Crippen molar-refractivity contribution >= 4 is 55.9 Å². The van der Waals surface area contributed by atoms with Gasteiger partial charge in [-0.25, -0.2) is 4.98 Å².